The number of nitrogen functional groups attached to an aromatic ring is 1. The molecule has 0 radical (unpaired) electrons. The van der Waals surface area contributed by atoms with Crippen LogP contribution >= 0.6 is 27.3 Å². The Balaban J connectivity index is 1.97. The molecule has 0 aliphatic carbocycles. The predicted molar refractivity (Wildman–Crippen MR) is 92.7 cm³/mol. The summed E-state index contributed by atoms with van der Waals surface area (Å²) in [4.78, 5) is 16.6. The van der Waals surface area contributed by atoms with Crippen LogP contribution < -0.4 is 15.8 Å². The summed E-state index contributed by atoms with van der Waals surface area (Å²) in [6, 6.07) is 10.8. The Morgan fingerprint density at radius 1 is 1.36 bits per heavy atom. The van der Waals surface area contributed by atoms with Crippen molar-refractivity contribution in [3.63, 3.8) is 0 Å². The number of amides is 1. The molecule has 2 aromatic carbocycles. The van der Waals surface area contributed by atoms with Crippen molar-refractivity contribution in [3.8, 4) is 5.75 Å². The van der Waals surface area contributed by atoms with Crippen molar-refractivity contribution in [1.29, 1.82) is 0 Å². The Hall–Kier alpha value is -2.12. The van der Waals surface area contributed by atoms with E-state index in [1.807, 2.05) is 24.3 Å². The molecular formula is C15H12BrN3O2S. The molecule has 1 heterocycles. The van der Waals surface area contributed by atoms with Crippen molar-refractivity contribution in [2.24, 2.45) is 0 Å². The lowest BCUT2D eigenvalue weighted by molar-refractivity contribution is 0.102. The number of aromatic nitrogens is 1. The highest BCUT2D eigenvalue weighted by Gasteiger charge is 2.13. The van der Waals surface area contributed by atoms with Gasteiger partial charge in [0.15, 0.2) is 5.13 Å². The highest BCUT2D eigenvalue weighted by atomic mass is 79.9. The van der Waals surface area contributed by atoms with Gasteiger partial charge >= 0.3 is 0 Å². The van der Waals surface area contributed by atoms with Crippen molar-refractivity contribution >= 4 is 54.2 Å². The first kappa shape index (κ1) is 14.8. The van der Waals surface area contributed by atoms with Crippen LogP contribution in [-0.2, 0) is 0 Å². The van der Waals surface area contributed by atoms with Gasteiger partial charge in [-0.2, -0.15) is 0 Å². The van der Waals surface area contributed by atoms with E-state index in [0.717, 1.165) is 9.17 Å². The van der Waals surface area contributed by atoms with E-state index in [1.165, 1.54) is 11.3 Å². The van der Waals surface area contributed by atoms with E-state index in [-0.39, 0.29) is 5.91 Å². The summed E-state index contributed by atoms with van der Waals surface area (Å²) in [5.41, 5.74) is 7.63. The molecule has 1 aromatic heterocycles. The molecule has 0 unspecified atom stereocenters. The zero-order valence-corrected chi connectivity index (χ0v) is 14.0. The molecule has 0 bridgehead atoms. The third-order valence-electron chi connectivity index (χ3n) is 3.07. The maximum atomic E-state index is 12.4. The lowest BCUT2D eigenvalue weighted by Gasteiger charge is -2.09. The second kappa shape index (κ2) is 5.94. The lowest BCUT2D eigenvalue weighted by Crippen LogP contribution is -2.12. The number of benzene rings is 2. The van der Waals surface area contributed by atoms with Gasteiger partial charge in [-0.3, -0.25) is 4.79 Å². The van der Waals surface area contributed by atoms with E-state index in [2.05, 4.69) is 26.2 Å². The van der Waals surface area contributed by atoms with Crippen molar-refractivity contribution < 1.29 is 9.53 Å². The van der Waals surface area contributed by atoms with Crippen LogP contribution in [0.4, 0.5) is 10.8 Å². The summed E-state index contributed by atoms with van der Waals surface area (Å²) in [5, 5.41) is 3.33. The summed E-state index contributed by atoms with van der Waals surface area (Å²) in [6.07, 6.45) is 0. The molecule has 3 aromatic rings. The number of nitrogens with one attached hydrogen (secondary N) is 1. The van der Waals surface area contributed by atoms with E-state index in [9.17, 15) is 4.79 Å². The summed E-state index contributed by atoms with van der Waals surface area (Å²) in [6.45, 7) is 0. The second-order valence-electron chi connectivity index (χ2n) is 4.51. The Kier molecular flexibility index (Phi) is 4.00. The van der Waals surface area contributed by atoms with Gasteiger partial charge in [-0.25, -0.2) is 4.98 Å². The maximum absolute atomic E-state index is 12.4. The molecule has 0 fully saturated rings. The summed E-state index contributed by atoms with van der Waals surface area (Å²) < 4.78 is 6.92. The van der Waals surface area contributed by atoms with Gasteiger partial charge in [0.25, 0.3) is 5.91 Å². The molecule has 112 valence electrons. The molecule has 0 atom stereocenters. The standard InChI is InChI=1S/C15H12BrN3O2S/c1-21-11-6-8(7-12-13(11)19-15(17)22-12)18-14(20)9-4-2-3-5-10(9)16/h2-7H,1H3,(H2,17,19)(H,18,20). The predicted octanol–water partition coefficient (Wildman–Crippen LogP) is 3.90. The van der Waals surface area contributed by atoms with E-state index in [0.29, 0.717) is 27.6 Å². The Morgan fingerprint density at radius 2 is 2.14 bits per heavy atom. The number of halogens is 1. The average Bonchev–Trinajstić information content (AvgIpc) is 2.87. The lowest BCUT2D eigenvalue weighted by atomic mass is 10.2. The molecule has 7 heteroatoms. The Bertz CT molecular complexity index is 863. The van der Waals surface area contributed by atoms with E-state index < -0.39 is 0 Å². The third kappa shape index (κ3) is 2.77. The quantitative estimate of drug-likeness (QED) is 0.725. The fourth-order valence-electron chi connectivity index (χ4n) is 2.09. The summed E-state index contributed by atoms with van der Waals surface area (Å²) in [7, 11) is 1.56. The molecule has 3 N–H and O–H groups in total. The van der Waals surface area contributed by atoms with Crippen LogP contribution in [-0.4, -0.2) is 18.0 Å². The summed E-state index contributed by atoms with van der Waals surface area (Å²) in [5.74, 6) is 0.374. The zero-order valence-electron chi connectivity index (χ0n) is 11.6. The first-order valence-electron chi connectivity index (χ1n) is 6.38. The van der Waals surface area contributed by atoms with E-state index in [1.54, 1.807) is 19.2 Å². The minimum atomic E-state index is -0.202. The number of rotatable bonds is 3. The summed E-state index contributed by atoms with van der Waals surface area (Å²) >= 11 is 4.72. The zero-order chi connectivity index (χ0) is 15.7. The molecule has 22 heavy (non-hydrogen) atoms. The van der Waals surface area contributed by atoms with Gasteiger partial charge in [-0.15, -0.1) is 0 Å². The number of carbonyl (C=O) groups excluding carboxylic acids is 1. The number of methoxy groups -OCH3 is 1. The largest absolute Gasteiger partial charge is 0.494 e. The van der Waals surface area contributed by atoms with Crippen molar-refractivity contribution in [2.45, 2.75) is 0 Å². The number of hydrogen-bond acceptors (Lipinski definition) is 5. The molecule has 3 rings (SSSR count). The number of fused-ring (bicyclic) bond motifs is 1. The van der Waals surface area contributed by atoms with Crippen LogP contribution in [0.3, 0.4) is 0 Å². The van der Waals surface area contributed by atoms with Crippen LogP contribution in [0.1, 0.15) is 10.4 Å². The average molecular weight is 378 g/mol. The van der Waals surface area contributed by atoms with Crippen molar-refractivity contribution in [3.05, 3.63) is 46.4 Å². The molecule has 5 nitrogen and oxygen atoms in total. The minimum Gasteiger partial charge on any atom is -0.494 e. The molecule has 0 saturated heterocycles. The molecule has 0 aliphatic heterocycles. The second-order valence-corrected chi connectivity index (χ2v) is 6.43. The molecule has 0 aliphatic rings. The van der Waals surface area contributed by atoms with E-state index >= 15 is 0 Å². The number of thiazole rings is 1. The van der Waals surface area contributed by atoms with Gasteiger partial charge in [-0.05, 0) is 34.1 Å². The number of ether oxygens (including phenoxy) is 1. The van der Waals surface area contributed by atoms with Crippen LogP contribution in [0.2, 0.25) is 0 Å². The van der Waals surface area contributed by atoms with Gasteiger partial charge in [-0.1, -0.05) is 23.5 Å². The number of hydrogen-bond donors (Lipinski definition) is 2. The monoisotopic (exact) mass is 377 g/mol. The molecular weight excluding hydrogens is 366 g/mol. The molecule has 1 amide bonds. The van der Waals surface area contributed by atoms with Crippen LogP contribution in [0.15, 0.2) is 40.9 Å². The van der Waals surface area contributed by atoms with Gasteiger partial charge in [0.05, 0.1) is 17.4 Å². The SMILES string of the molecule is COc1cc(NC(=O)c2ccccc2Br)cc2sc(N)nc12. The maximum Gasteiger partial charge on any atom is 0.256 e. The fraction of sp³-hybridized carbons (Fsp3) is 0.0667. The first-order valence-corrected chi connectivity index (χ1v) is 7.99. The first-order chi connectivity index (χ1) is 10.6. The van der Waals surface area contributed by atoms with Crippen LogP contribution in [0.25, 0.3) is 10.2 Å². The normalized spacial score (nSPS) is 10.6. The Labute approximate surface area is 139 Å². The van der Waals surface area contributed by atoms with Gasteiger partial charge in [0.1, 0.15) is 11.3 Å². The van der Waals surface area contributed by atoms with E-state index in [4.69, 9.17) is 10.5 Å². The fourth-order valence-corrected chi connectivity index (χ4v) is 3.34. The number of carbonyl (C=O) groups is 1. The van der Waals surface area contributed by atoms with Crippen molar-refractivity contribution in [1.82, 2.24) is 4.98 Å². The van der Waals surface area contributed by atoms with Crippen LogP contribution in [0, 0.1) is 0 Å². The topological polar surface area (TPSA) is 77.2 Å². The van der Waals surface area contributed by atoms with Crippen molar-refractivity contribution in [2.75, 3.05) is 18.2 Å². The highest BCUT2D eigenvalue weighted by molar-refractivity contribution is 9.10. The molecule has 0 saturated carbocycles. The highest BCUT2D eigenvalue weighted by Crippen LogP contribution is 2.34. The van der Waals surface area contributed by atoms with Gasteiger partial charge in [0.2, 0.25) is 0 Å². The number of nitrogens with zero attached hydrogens (tertiary/aromatic N) is 1. The third-order valence-corrected chi connectivity index (χ3v) is 4.60. The minimum absolute atomic E-state index is 0.202. The smallest absolute Gasteiger partial charge is 0.256 e. The Morgan fingerprint density at radius 3 is 2.86 bits per heavy atom. The van der Waals surface area contributed by atoms with Gasteiger partial charge in [0, 0.05) is 16.2 Å². The number of nitrogens with two attached hydrogens (primary N) is 1. The van der Waals surface area contributed by atoms with Gasteiger partial charge < -0.3 is 15.8 Å². The molecule has 0 spiro atoms. The number of anilines is 2. The van der Waals surface area contributed by atoms with Crippen LogP contribution in [0.5, 0.6) is 5.75 Å².